The van der Waals surface area contributed by atoms with E-state index in [4.69, 9.17) is 4.74 Å². The summed E-state index contributed by atoms with van der Waals surface area (Å²) >= 11 is 0. The first-order chi connectivity index (χ1) is 6.16. The summed E-state index contributed by atoms with van der Waals surface area (Å²) in [6.45, 7) is 7.78. The normalized spacial score (nSPS) is 10.3. The molecular formula is C11H18O2. The predicted molar refractivity (Wildman–Crippen MR) is 54.4 cm³/mol. The first kappa shape index (κ1) is 11.9. The van der Waals surface area contributed by atoms with Crippen LogP contribution in [0.4, 0.5) is 0 Å². The highest BCUT2D eigenvalue weighted by Gasteiger charge is 1.95. The molecule has 0 amide bonds. The van der Waals surface area contributed by atoms with Gasteiger partial charge in [0.1, 0.15) is 0 Å². The molecule has 0 fully saturated rings. The third kappa shape index (κ3) is 8.86. The number of ether oxygens (including phenoxy) is 1. The minimum absolute atomic E-state index is 0.221. The second-order valence-electron chi connectivity index (χ2n) is 2.95. The van der Waals surface area contributed by atoms with Crippen molar-refractivity contribution < 1.29 is 9.53 Å². The molecule has 0 aliphatic rings. The van der Waals surface area contributed by atoms with Crippen LogP contribution in [-0.4, -0.2) is 12.6 Å². The van der Waals surface area contributed by atoms with Crippen molar-refractivity contribution in [3.63, 3.8) is 0 Å². The lowest BCUT2D eigenvalue weighted by Gasteiger charge is -2.03. The molecule has 0 saturated heterocycles. The zero-order valence-electron chi connectivity index (χ0n) is 8.51. The maximum Gasteiger partial charge on any atom is 0.302 e. The van der Waals surface area contributed by atoms with E-state index in [9.17, 15) is 4.79 Å². The molecule has 0 saturated carbocycles. The van der Waals surface area contributed by atoms with Gasteiger partial charge in [-0.1, -0.05) is 24.3 Å². The van der Waals surface area contributed by atoms with Crippen LogP contribution >= 0.6 is 0 Å². The smallest absolute Gasteiger partial charge is 0.302 e. The van der Waals surface area contributed by atoms with Crippen LogP contribution in [0.2, 0.25) is 0 Å². The molecule has 0 heterocycles. The van der Waals surface area contributed by atoms with Gasteiger partial charge in [-0.2, -0.15) is 0 Å². The van der Waals surface area contributed by atoms with E-state index < -0.39 is 0 Å². The Morgan fingerprint density at radius 2 is 2.15 bits per heavy atom. The number of hydrogen-bond acceptors (Lipinski definition) is 2. The molecule has 0 rings (SSSR count). The number of hydrogen-bond donors (Lipinski definition) is 0. The SMILES string of the molecule is C=C(CC/C=C/C)CCOC(C)=O. The second kappa shape index (κ2) is 7.59. The maximum absolute atomic E-state index is 10.4. The molecule has 0 N–H and O–H groups in total. The highest BCUT2D eigenvalue weighted by molar-refractivity contribution is 5.65. The lowest BCUT2D eigenvalue weighted by atomic mass is 10.1. The van der Waals surface area contributed by atoms with Crippen LogP contribution < -0.4 is 0 Å². The van der Waals surface area contributed by atoms with Gasteiger partial charge in [0.25, 0.3) is 0 Å². The lowest BCUT2D eigenvalue weighted by Crippen LogP contribution is -2.01. The number of rotatable bonds is 6. The van der Waals surface area contributed by atoms with Gasteiger partial charge in [0.15, 0.2) is 0 Å². The van der Waals surface area contributed by atoms with Crippen LogP contribution in [0.15, 0.2) is 24.3 Å². The fourth-order valence-electron chi connectivity index (χ4n) is 0.918. The van der Waals surface area contributed by atoms with E-state index in [0.717, 1.165) is 24.8 Å². The van der Waals surface area contributed by atoms with Crippen LogP contribution in [0.5, 0.6) is 0 Å². The number of carbonyl (C=O) groups is 1. The van der Waals surface area contributed by atoms with Crippen molar-refractivity contribution in [1.82, 2.24) is 0 Å². The number of allylic oxidation sites excluding steroid dienone is 2. The average molecular weight is 182 g/mol. The number of carbonyl (C=O) groups excluding carboxylic acids is 1. The highest BCUT2D eigenvalue weighted by atomic mass is 16.5. The van der Waals surface area contributed by atoms with Crippen molar-refractivity contribution in [2.75, 3.05) is 6.61 Å². The zero-order valence-corrected chi connectivity index (χ0v) is 8.51. The Kier molecular flexibility index (Phi) is 6.98. The Hall–Kier alpha value is -1.05. The molecule has 2 heteroatoms. The second-order valence-corrected chi connectivity index (χ2v) is 2.95. The van der Waals surface area contributed by atoms with Gasteiger partial charge in [0.05, 0.1) is 6.61 Å². The minimum Gasteiger partial charge on any atom is -0.466 e. The van der Waals surface area contributed by atoms with Crippen molar-refractivity contribution >= 4 is 5.97 Å². The highest BCUT2D eigenvalue weighted by Crippen LogP contribution is 2.07. The van der Waals surface area contributed by atoms with Crippen molar-refractivity contribution in [1.29, 1.82) is 0 Å². The Morgan fingerprint density at radius 3 is 2.69 bits per heavy atom. The van der Waals surface area contributed by atoms with Gasteiger partial charge in [-0.05, 0) is 19.8 Å². The van der Waals surface area contributed by atoms with E-state index in [0.29, 0.717) is 6.61 Å². The minimum atomic E-state index is -0.221. The topological polar surface area (TPSA) is 26.3 Å². The Labute approximate surface area is 80.3 Å². The van der Waals surface area contributed by atoms with Crippen molar-refractivity contribution in [3.8, 4) is 0 Å². The van der Waals surface area contributed by atoms with Crippen molar-refractivity contribution in [3.05, 3.63) is 24.3 Å². The fourth-order valence-corrected chi connectivity index (χ4v) is 0.918. The van der Waals surface area contributed by atoms with Gasteiger partial charge in [-0.15, -0.1) is 0 Å². The van der Waals surface area contributed by atoms with Crippen LogP contribution in [0.1, 0.15) is 33.1 Å². The standard InChI is InChI=1S/C11H18O2/c1-4-5-6-7-10(2)8-9-13-11(3)12/h4-5H,2,6-9H2,1,3H3/b5-4+. The van der Waals surface area contributed by atoms with Gasteiger partial charge >= 0.3 is 5.97 Å². The summed E-state index contributed by atoms with van der Waals surface area (Å²) in [6, 6.07) is 0. The molecule has 74 valence electrons. The van der Waals surface area contributed by atoms with Gasteiger partial charge < -0.3 is 4.74 Å². The molecule has 0 aliphatic heterocycles. The lowest BCUT2D eigenvalue weighted by molar-refractivity contribution is -0.140. The predicted octanol–water partition coefficient (Wildman–Crippen LogP) is 2.85. The van der Waals surface area contributed by atoms with E-state index in [1.807, 2.05) is 13.0 Å². The molecule has 0 aliphatic carbocycles. The summed E-state index contributed by atoms with van der Waals surface area (Å²) in [5.74, 6) is -0.221. The van der Waals surface area contributed by atoms with Crippen molar-refractivity contribution in [2.45, 2.75) is 33.1 Å². The summed E-state index contributed by atoms with van der Waals surface area (Å²) in [5.41, 5.74) is 1.14. The molecule has 0 aromatic carbocycles. The zero-order chi connectivity index (χ0) is 10.1. The van der Waals surface area contributed by atoms with E-state index in [1.54, 1.807) is 0 Å². The molecule has 0 unspecified atom stereocenters. The van der Waals surface area contributed by atoms with E-state index in [2.05, 4.69) is 12.7 Å². The van der Waals surface area contributed by atoms with Gasteiger partial charge in [-0.25, -0.2) is 0 Å². The molecular weight excluding hydrogens is 164 g/mol. The maximum atomic E-state index is 10.4. The quantitative estimate of drug-likeness (QED) is 0.466. The molecule has 0 aromatic heterocycles. The van der Waals surface area contributed by atoms with Crippen LogP contribution in [0.3, 0.4) is 0 Å². The molecule has 0 radical (unpaired) electrons. The summed E-state index contributed by atoms with van der Waals surface area (Å²) in [6.07, 6.45) is 6.91. The summed E-state index contributed by atoms with van der Waals surface area (Å²) < 4.78 is 4.80. The first-order valence-electron chi connectivity index (χ1n) is 4.58. The van der Waals surface area contributed by atoms with Crippen LogP contribution in [0.25, 0.3) is 0 Å². The molecule has 0 bridgehead atoms. The van der Waals surface area contributed by atoms with Crippen LogP contribution in [-0.2, 0) is 9.53 Å². The molecule has 0 spiro atoms. The summed E-state index contributed by atoms with van der Waals surface area (Å²) in [5, 5.41) is 0. The van der Waals surface area contributed by atoms with Gasteiger partial charge in [0, 0.05) is 13.3 Å². The van der Waals surface area contributed by atoms with E-state index in [1.165, 1.54) is 6.92 Å². The van der Waals surface area contributed by atoms with E-state index in [-0.39, 0.29) is 5.97 Å². The van der Waals surface area contributed by atoms with E-state index >= 15 is 0 Å². The third-order valence-corrected chi connectivity index (χ3v) is 1.66. The Balaban J connectivity index is 3.35. The van der Waals surface area contributed by atoms with Crippen molar-refractivity contribution in [2.24, 2.45) is 0 Å². The van der Waals surface area contributed by atoms with Crippen LogP contribution in [0, 0.1) is 0 Å². The molecule has 0 atom stereocenters. The largest absolute Gasteiger partial charge is 0.466 e. The summed E-state index contributed by atoms with van der Waals surface area (Å²) in [7, 11) is 0. The Bertz CT molecular complexity index is 192. The number of esters is 1. The average Bonchev–Trinajstić information content (AvgIpc) is 2.04. The molecule has 0 aromatic rings. The molecule has 13 heavy (non-hydrogen) atoms. The van der Waals surface area contributed by atoms with Gasteiger partial charge in [-0.3, -0.25) is 4.79 Å². The Morgan fingerprint density at radius 1 is 1.46 bits per heavy atom. The third-order valence-electron chi connectivity index (χ3n) is 1.66. The fraction of sp³-hybridized carbons (Fsp3) is 0.545. The monoisotopic (exact) mass is 182 g/mol. The van der Waals surface area contributed by atoms with Gasteiger partial charge in [0.2, 0.25) is 0 Å². The summed E-state index contributed by atoms with van der Waals surface area (Å²) in [4.78, 5) is 10.4. The first-order valence-corrected chi connectivity index (χ1v) is 4.58. The molecule has 2 nitrogen and oxygen atoms in total.